The lowest BCUT2D eigenvalue weighted by molar-refractivity contribution is 0.0821. The molecular weight excluding hydrogens is 449 g/mol. The van der Waals surface area contributed by atoms with E-state index in [9.17, 15) is 9.18 Å². The largest absolute Gasteiger partial charge is 0.497 e. The second-order valence-corrected chi connectivity index (χ2v) is 8.38. The van der Waals surface area contributed by atoms with Crippen LogP contribution < -0.4 is 26.2 Å². The van der Waals surface area contributed by atoms with E-state index in [0.29, 0.717) is 25.6 Å². The van der Waals surface area contributed by atoms with E-state index in [2.05, 4.69) is 26.5 Å². The molecule has 4 rings (SSSR count). The van der Waals surface area contributed by atoms with E-state index < -0.39 is 11.7 Å². The van der Waals surface area contributed by atoms with Crippen LogP contribution in [0.15, 0.2) is 47.5 Å². The molecule has 2 heterocycles. The van der Waals surface area contributed by atoms with Gasteiger partial charge in [0.15, 0.2) is 0 Å². The summed E-state index contributed by atoms with van der Waals surface area (Å²) in [7, 11) is 1.64. The molecule has 8 nitrogen and oxygen atoms in total. The van der Waals surface area contributed by atoms with Crippen LogP contribution in [0.1, 0.15) is 41.2 Å². The van der Waals surface area contributed by atoms with E-state index in [-0.39, 0.29) is 28.8 Å². The van der Waals surface area contributed by atoms with Crippen molar-refractivity contribution < 1.29 is 18.7 Å². The summed E-state index contributed by atoms with van der Waals surface area (Å²) >= 11 is 5.73. The lowest BCUT2D eigenvalue weighted by Gasteiger charge is -2.26. The Hall–Kier alpha value is -2.72. The maximum atomic E-state index is 13.8. The van der Waals surface area contributed by atoms with Gasteiger partial charge in [-0.1, -0.05) is 23.7 Å². The number of guanidine groups is 1. The summed E-state index contributed by atoms with van der Waals surface area (Å²) in [6.07, 6.45) is 2.13. The van der Waals surface area contributed by atoms with Crippen molar-refractivity contribution in [3.8, 4) is 5.75 Å². The lowest BCUT2D eigenvalue weighted by atomic mass is 10.0. The van der Waals surface area contributed by atoms with Crippen molar-refractivity contribution in [2.24, 2.45) is 4.99 Å². The van der Waals surface area contributed by atoms with E-state index in [1.54, 1.807) is 7.11 Å². The predicted octanol–water partition coefficient (Wildman–Crippen LogP) is 2.91. The predicted molar refractivity (Wildman–Crippen MR) is 124 cm³/mol. The Labute approximate surface area is 196 Å². The molecule has 4 N–H and O–H groups in total. The van der Waals surface area contributed by atoms with Crippen LogP contribution in [0.3, 0.4) is 0 Å². The smallest absolute Gasteiger partial charge is 0.280 e. The van der Waals surface area contributed by atoms with E-state index >= 15 is 0 Å². The van der Waals surface area contributed by atoms with Crippen LogP contribution in [0, 0.1) is 5.82 Å². The van der Waals surface area contributed by atoms with Crippen molar-refractivity contribution in [2.45, 2.75) is 37.5 Å². The van der Waals surface area contributed by atoms with Crippen LogP contribution in [-0.4, -0.2) is 44.4 Å². The number of benzene rings is 2. The second-order valence-electron chi connectivity index (χ2n) is 7.97. The molecule has 2 saturated heterocycles. The fourth-order valence-electron chi connectivity index (χ4n) is 3.81. The van der Waals surface area contributed by atoms with E-state index in [1.165, 1.54) is 12.1 Å². The van der Waals surface area contributed by atoms with Gasteiger partial charge >= 0.3 is 0 Å². The molecule has 2 unspecified atom stereocenters. The Bertz CT molecular complexity index is 998. The number of aliphatic imine (C=N–C) groups is 1. The monoisotopic (exact) mass is 475 g/mol. The average Bonchev–Trinajstić information content (AvgIpc) is 3.30. The molecule has 176 valence electrons. The highest BCUT2D eigenvalue weighted by atomic mass is 35.5. The van der Waals surface area contributed by atoms with Gasteiger partial charge in [-0.3, -0.25) is 4.79 Å². The van der Waals surface area contributed by atoms with Gasteiger partial charge in [0.25, 0.3) is 5.91 Å². The molecule has 0 radical (unpaired) electrons. The first-order valence-electron chi connectivity index (χ1n) is 10.9. The molecule has 0 spiro atoms. The van der Waals surface area contributed by atoms with Gasteiger partial charge in [0.05, 0.1) is 18.3 Å². The van der Waals surface area contributed by atoms with Crippen molar-refractivity contribution in [3.05, 3.63) is 64.4 Å². The molecular formula is C23H27ClFN5O3. The van der Waals surface area contributed by atoms with Gasteiger partial charge < -0.3 is 20.1 Å². The zero-order valence-electron chi connectivity index (χ0n) is 18.2. The van der Waals surface area contributed by atoms with E-state index in [1.807, 2.05) is 24.3 Å². The quantitative estimate of drug-likeness (QED) is 0.390. The Morgan fingerprint density at radius 3 is 2.61 bits per heavy atom. The molecule has 1 amide bonds. The molecule has 2 fully saturated rings. The normalized spacial score (nSPS) is 21.6. The Morgan fingerprint density at radius 2 is 1.91 bits per heavy atom. The van der Waals surface area contributed by atoms with Gasteiger partial charge in [-0.05, 0) is 48.7 Å². The highest BCUT2D eigenvalue weighted by molar-refractivity contribution is 6.30. The number of halogens is 2. The van der Waals surface area contributed by atoms with Gasteiger partial charge in [-0.2, -0.15) is 4.99 Å². The number of nitrogens with one attached hydrogen (secondary N) is 4. The first-order chi connectivity index (χ1) is 16.0. The number of nitrogens with zero attached hydrogens (tertiary/aromatic N) is 1. The van der Waals surface area contributed by atoms with Gasteiger partial charge in [-0.15, -0.1) is 0 Å². The summed E-state index contributed by atoms with van der Waals surface area (Å²) in [6, 6.07) is 11.9. The molecule has 10 heteroatoms. The third-order valence-corrected chi connectivity index (χ3v) is 5.98. The number of hydrogen-bond donors (Lipinski definition) is 4. The lowest BCUT2D eigenvalue weighted by Crippen LogP contribution is -2.52. The number of amides is 1. The first-order valence-corrected chi connectivity index (χ1v) is 11.2. The standard InChI is InChI=1S/C23H27ClFN5O3/c1-32-17-5-2-14(3-6-17)20-13-21(30-29-20)27-23(26-16-8-10-33-11-9-16)28-22(31)15-4-7-18(24)19(25)12-15/h2-7,12,16,20-21,29-30H,8-11,13H2,1H3,(H2,26,27,28,31). The minimum atomic E-state index is -0.659. The minimum Gasteiger partial charge on any atom is -0.497 e. The average molecular weight is 476 g/mol. The van der Waals surface area contributed by atoms with Gasteiger partial charge in [0.1, 0.15) is 11.6 Å². The van der Waals surface area contributed by atoms with Crippen molar-refractivity contribution in [3.63, 3.8) is 0 Å². The van der Waals surface area contributed by atoms with Gasteiger partial charge in [0, 0.05) is 37.3 Å². The third kappa shape index (κ3) is 6.20. The van der Waals surface area contributed by atoms with Crippen LogP contribution in [-0.2, 0) is 4.74 Å². The fourth-order valence-corrected chi connectivity index (χ4v) is 3.92. The summed E-state index contributed by atoms with van der Waals surface area (Å²) in [6.45, 7) is 1.29. The molecule has 2 aliphatic heterocycles. The third-order valence-electron chi connectivity index (χ3n) is 5.67. The maximum absolute atomic E-state index is 13.8. The van der Waals surface area contributed by atoms with Crippen LogP contribution >= 0.6 is 11.6 Å². The molecule has 0 aromatic heterocycles. The van der Waals surface area contributed by atoms with Crippen molar-refractivity contribution in [2.75, 3.05) is 20.3 Å². The Kier molecular flexibility index (Phi) is 7.77. The molecule has 2 aromatic carbocycles. The number of rotatable bonds is 5. The highest BCUT2D eigenvalue weighted by Crippen LogP contribution is 2.23. The molecule has 2 aliphatic rings. The summed E-state index contributed by atoms with van der Waals surface area (Å²) in [4.78, 5) is 16.9. The Morgan fingerprint density at radius 1 is 1.15 bits per heavy atom. The second kappa shape index (κ2) is 10.9. The summed E-state index contributed by atoms with van der Waals surface area (Å²) in [5, 5.41) is 6.54. The summed E-state index contributed by atoms with van der Waals surface area (Å²) in [5.74, 6) is -0.0950. The van der Waals surface area contributed by atoms with Crippen molar-refractivity contribution >= 4 is 23.5 Å². The molecule has 2 atom stereocenters. The molecule has 2 aromatic rings. The van der Waals surface area contributed by atoms with Gasteiger partial charge in [-0.25, -0.2) is 15.2 Å². The van der Waals surface area contributed by atoms with E-state index in [0.717, 1.165) is 30.2 Å². The minimum absolute atomic E-state index is 0.0417. The molecule has 33 heavy (non-hydrogen) atoms. The molecule has 0 saturated carbocycles. The zero-order chi connectivity index (χ0) is 23.2. The molecule has 0 bridgehead atoms. The first kappa shape index (κ1) is 23.4. The van der Waals surface area contributed by atoms with Crippen LogP contribution in [0.4, 0.5) is 4.39 Å². The number of methoxy groups -OCH3 is 1. The molecule has 0 aliphatic carbocycles. The number of hydrazine groups is 1. The number of ether oxygens (including phenoxy) is 2. The summed E-state index contributed by atoms with van der Waals surface area (Å²) in [5.41, 5.74) is 7.70. The summed E-state index contributed by atoms with van der Waals surface area (Å²) < 4.78 is 24.5. The van der Waals surface area contributed by atoms with Crippen LogP contribution in [0.5, 0.6) is 5.75 Å². The number of carbonyl (C=O) groups is 1. The van der Waals surface area contributed by atoms with Crippen LogP contribution in [0.25, 0.3) is 0 Å². The number of hydrogen-bond acceptors (Lipinski definition) is 5. The maximum Gasteiger partial charge on any atom is 0.280 e. The fraction of sp³-hybridized carbons (Fsp3) is 0.391. The number of carbonyl (C=O) groups excluding carboxylic acids is 1. The zero-order valence-corrected chi connectivity index (χ0v) is 19.0. The van der Waals surface area contributed by atoms with E-state index in [4.69, 9.17) is 21.1 Å². The topological polar surface area (TPSA) is 96.0 Å². The highest BCUT2D eigenvalue weighted by Gasteiger charge is 2.27. The van der Waals surface area contributed by atoms with Crippen LogP contribution in [0.2, 0.25) is 5.02 Å². The van der Waals surface area contributed by atoms with Crippen molar-refractivity contribution in [1.82, 2.24) is 21.5 Å². The van der Waals surface area contributed by atoms with Gasteiger partial charge in [0.2, 0.25) is 5.96 Å². The Balaban J connectivity index is 1.46. The SMILES string of the molecule is COc1ccc(C2CC(N/C(=N\C(=O)c3ccc(Cl)c(F)c3)NC3CCOCC3)NN2)cc1. The van der Waals surface area contributed by atoms with Crippen molar-refractivity contribution in [1.29, 1.82) is 0 Å².